The van der Waals surface area contributed by atoms with Crippen molar-refractivity contribution in [2.45, 2.75) is 64.2 Å². The van der Waals surface area contributed by atoms with Gasteiger partial charge in [-0.3, -0.25) is 0 Å². The van der Waals surface area contributed by atoms with E-state index in [2.05, 4.69) is 0 Å². The first-order chi connectivity index (χ1) is 5.97. The standard InChI is InChI=1S/C12H22/c1-2-4-8-11(7-3-1)12-9-5-6-10-12/h11-12H,1-10H2. The van der Waals surface area contributed by atoms with Gasteiger partial charge in [0.15, 0.2) is 0 Å². The Morgan fingerprint density at radius 1 is 0.417 bits per heavy atom. The largest absolute Gasteiger partial charge is 0.0533 e. The van der Waals surface area contributed by atoms with Gasteiger partial charge < -0.3 is 0 Å². The molecule has 2 aliphatic carbocycles. The second kappa shape index (κ2) is 4.30. The molecule has 0 aromatic heterocycles. The van der Waals surface area contributed by atoms with Crippen molar-refractivity contribution < 1.29 is 0 Å². The predicted octanol–water partition coefficient (Wildman–Crippen LogP) is 4.15. The van der Waals surface area contributed by atoms with E-state index in [9.17, 15) is 0 Å². The summed E-state index contributed by atoms with van der Waals surface area (Å²) < 4.78 is 0. The van der Waals surface area contributed by atoms with Gasteiger partial charge in [-0.1, -0.05) is 64.2 Å². The van der Waals surface area contributed by atoms with Crippen molar-refractivity contribution in [2.24, 2.45) is 11.8 Å². The van der Waals surface area contributed by atoms with E-state index < -0.39 is 0 Å². The molecule has 2 aliphatic rings. The summed E-state index contributed by atoms with van der Waals surface area (Å²) in [6.07, 6.45) is 15.4. The highest BCUT2D eigenvalue weighted by Gasteiger charge is 2.24. The van der Waals surface area contributed by atoms with E-state index in [4.69, 9.17) is 0 Å². The average Bonchev–Trinajstić information content (AvgIpc) is 2.48. The van der Waals surface area contributed by atoms with Crippen LogP contribution in [0.15, 0.2) is 0 Å². The van der Waals surface area contributed by atoms with E-state index in [1.54, 1.807) is 25.7 Å². The smallest absolute Gasteiger partial charge is 0.0386 e. The van der Waals surface area contributed by atoms with Crippen molar-refractivity contribution in [3.05, 3.63) is 0 Å². The SMILES string of the molecule is C1CCCC(C2CCCC2)CC1. The van der Waals surface area contributed by atoms with E-state index in [1.807, 2.05) is 0 Å². The van der Waals surface area contributed by atoms with Crippen LogP contribution < -0.4 is 0 Å². The predicted molar refractivity (Wildman–Crippen MR) is 53.2 cm³/mol. The highest BCUT2D eigenvalue weighted by Crippen LogP contribution is 2.38. The molecular formula is C12H22. The monoisotopic (exact) mass is 166 g/mol. The molecule has 0 radical (unpaired) electrons. The van der Waals surface area contributed by atoms with E-state index in [1.165, 1.54) is 38.5 Å². The lowest BCUT2D eigenvalue weighted by Crippen LogP contribution is -2.10. The number of hydrogen-bond acceptors (Lipinski definition) is 0. The van der Waals surface area contributed by atoms with Crippen molar-refractivity contribution in [3.63, 3.8) is 0 Å². The molecule has 0 aliphatic heterocycles. The summed E-state index contributed by atoms with van der Waals surface area (Å²) in [6.45, 7) is 0. The highest BCUT2D eigenvalue weighted by molar-refractivity contribution is 4.77. The number of hydrogen-bond donors (Lipinski definition) is 0. The van der Waals surface area contributed by atoms with Gasteiger partial charge in [-0.2, -0.15) is 0 Å². The number of rotatable bonds is 1. The lowest BCUT2D eigenvalue weighted by atomic mass is 9.85. The summed E-state index contributed by atoms with van der Waals surface area (Å²) in [6, 6.07) is 0. The third-order valence-corrected chi connectivity index (χ3v) is 3.97. The van der Waals surface area contributed by atoms with Crippen LogP contribution in [-0.4, -0.2) is 0 Å². The highest BCUT2D eigenvalue weighted by atomic mass is 14.3. The first-order valence-electron chi connectivity index (χ1n) is 5.97. The van der Waals surface area contributed by atoms with Gasteiger partial charge in [0.05, 0.1) is 0 Å². The molecular weight excluding hydrogens is 144 g/mol. The Kier molecular flexibility index (Phi) is 3.08. The fraction of sp³-hybridized carbons (Fsp3) is 1.00. The van der Waals surface area contributed by atoms with Crippen LogP contribution in [0.3, 0.4) is 0 Å². The van der Waals surface area contributed by atoms with E-state index in [-0.39, 0.29) is 0 Å². The lowest BCUT2D eigenvalue weighted by molar-refractivity contribution is 0.304. The minimum Gasteiger partial charge on any atom is -0.0533 e. The molecule has 0 aromatic rings. The second-order valence-corrected chi connectivity index (χ2v) is 4.80. The van der Waals surface area contributed by atoms with Crippen LogP contribution in [0, 0.1) is 11.8 Å². The Morgan fingerprint density at radius 2 is 0.750 bits per heavy atom. The zero-order valence-electron chi connectivity index (χ0n) is 8.23. The van der Waals surface area contributed by atoms with Crippen LogP contribution in [0.1, 0.15) is 64.2 Å². The molecule has 2 saturated carbocycles. The maximum absolute atomic E-state index is 1.56. The minimum absolute atomic E-state index is 1.13. The topological polar surface area (TPSA) is 0 Å². The van der Waals surface area contributed by atoms with Crippen molar-refractivity contribution in [1.82, 2.24) is 0 Å². The molecule has 0 nitrogen and oxygen atoms in total. The fourth-order valence-electron chi connectivity index (χ4n) is 3.21. The average molecular weight is 166 g/mol. The third-order valence-electron chi connectivity index (χ3n) is 3.97. The molecule has 0 aromatic carbocycles. The molecule has 2 rings (SSSR count). The molecule has 0 heteroatoms. The Morgan fingerprint density at radius 3 is 1.17 bits per heavy atom. The van der Waals surface area contributed by atoms with Crippen molar-refractivity contribution in [3.8, 4) is 0 Å². The van der Waals surface area contributed by atoms with Crippen molar-refractivity contribution in [1.29, 1.82) is 0 Å². The van der Waals surface area contributed by atoms with Gasteiger partial charge in [0.25, 0.3) is 0 Å². The van der Waals surface area contributed by atoms with Gasteiger partial charge in [0.1, 0.15) is 0 Å². The second-order valence-electron chi connectivity index (χ2n) is 4.80. The van der Waals surface area contributed by atoms with Crippen LogP contribution in [-0.2, 0) is 0 Å². The molecule has 0 heterocycles. The Hall–Kier alpha value is 0. The zero-order chi connectivity index (χ0) is 8.23. The minimum atomic E-state index is 1.13. The van der Waals surface area contributed by atoms with Crippen LogP contribution in [0.2, 0.25) is 0 Å². The molecule has 70 valence electrons. The molecule has 0 spiro atoms. The van der Waals surface area contributed by atoms with Gasteiger partial charge in [-0.05, 0) is 11.8 Å². The van der Waals surface area contributed by atoms with E-state index in [0.717, 1.165) is 11.8 Å². The lowest BCUT2D eigenvalue weighted by Gasteiger charge is -2.20. The Labute approximate surface area is 76.7 Å². The third kappa shape index (κ3) is 2.02. The summed E-state index contributed by atoms with van der Waals surface area (Å²) in [7, 11) is 0. The molecule has 0 atom stereocenters. The summed E-state index contributed by atoms with van der Waals surface area (Å²) in [5, 5.41) is 0. The first-order valence-corrected chi connectivity index (χ1v) is 5.97. The van der Waals surface area contributed by atoms with Crippen LogP contribution in [0.25, 0.3) is 0 Å². The molecule has 12 heavy (non-hydrogen) atoms. The fourth-order valence-corrected chi connectivity index (χ4v) is 3.21. The van der Waals surface area contributed by atoms with Crippen LogP contribution in [0.5, 0.6) is 0 Å². The molecule has 2 fully saturated rings. The van der Waals surface area contributed by atoms with Gasteiger partial charge in [0.2, 0.25) is 0 Å². The van der Waals surface area contributed by atoms with Gasteiger partial charge in [-0.25, -0.2) is 0 Å². The summed E-state index contributed by atoms with van der Waals surface area (Å²) in [5.74, 6) is 2.28. The van der Waals surface area contributed by atoms with Crippen LogP contribution in [0.4, 0.5) is 0 Å². The normalized spacial score (nSPS) is 29.0. The molecule has 0 N–H and O–H groups in total. The maximum Gasteiger partial charge on any atom is -0.0386 e. The van der Waals surface area contributed by atoms with Crippen molar-refractivity contribution >= 4 is 0 Å². The summed E-state index contributed by atoms with van der Waals surface area (Å²) in [4.78, 5) is 0. The van der Waals surface area contributed by atoms with Crippen LogP contribution >= 0.6 is 0 Å². The quantitative estimate of drug-likeness (QED) is 0.513. The van der Waals surface area contributed by atoms with E-state index in [0.29, 0.717) is 0 Å². The van der Waals surface area contributed by atoms with Gasteiger partial charge in [0, 0.05) is 0 Å². The van der Waals surface area contributed by atoms with E-state index >= 15 is 0 Å². The summed E-state index contributed by atoms with van der Waals surface area (Å²) in [5.41, 5.74) is 0. The molecule has 0 amide bonds. The first kappa shape index (κ1) is 8.59. The zero-order valence-corrected chi connectivity index (χ0v) is 8.23. The summed E-state index contributed by atoms with van der Waals surface area (Å²) >= 11 is 0. The molecule has 0 bridgehead atoms. The van der Waals surface area contributed by atoms with Gasteiger partial charge in [-0.15, -0.1) is 0 Å². The molecule has 0 unspecified atom stereocenters. The Balaban J connectivity index is 1.83. The Bertz CT molecular complexity index is 114. The maximum atomic E-state index is 1.56. The van der Waals surface area contributed by atoms with Gasteiger partial charge >= 0.3 is 0 Å². The molecule has 0 saturated heterocycles. The van der Waals surface area contributed by atoms with Crippen molar-refractivity contribution in [2.75, 3.05) is 0 Å².